The Bertz CT molecular complexity index is 962. The van der Waals surface area contributed by atoms with Gasteiger partial charge in [0.15, 0.2) is 9.84 Å². The molecule has 3 rings (SSSR count). The molecule has 0 aliphatic rings. The highest BCUT2D eigenvalue weighted by Crippen LogP contribution is 2.20. The third-order valence-corrected chi connectivity index (χ3v) is 4.37. The fourth-order valence-corrected chi connectivity index (χ4v) is 2.79. The number of sulfone groups is 1. The average Bonchev–Trinajstić information content (AvgIpc) is 2.89. The van der Waals surface area contributed by atoms with Crippen molar-refractivity contribution in [1.29, 1.82) is 0 Å². The van der Waals surface area contributed by atoms with Gasteiger partial charge in [0, 0.05) is 23.5 Å². The summed E-state index contributed by atoms with van der Waals surface area (Å²) in [6, 6.07) is 15.3. The predicted molar refractivity (Wildman–Crippen MR) is 87.1 cm³/mol. The van der Waals surface area contributed by atoms with Gasteiger partial charge in [0.2, 0.25) is 0 Å². The maximum Gasteiger partial charge on any atom is 0.436 e. The minimum Gasteiger partial charge on any atom is -0.317 e. The molecule has 0 aliphatic carbocycles. The predicted octanol–water partition coefficient (Wildman–Crippen LogP) is 2.71. The van der Waals surface area contributed by atoms with Gasteiger partial charge in [-0.15, -0.1) is 0 Å². The topological polar surface area (TPSA) is 77.4 Å². The number of amides is 1. The zero-order chi connectivity index (χ0) is 16.4. The van der Waals surface area contributed by atoms with E-state index in [1.807, 2.05) is 6.07 Å². The monoisotopic (exact) mass is 330 g/mol. The van der Waals surface area contributed by atoms with Gasteiger partial charge >= 0.3 is 6.09 Å². The quantitative estimate of drug-likeness (QED) is 0.801. The van der Waals surface area contributed by atoms with Crippen LogP contribution in [0.5, 0.6) is 0 Å². The molecule has 23 heavy (non-hydrogen) atoms. The lowest BCUT2D eigenvalue weighted by Crippen LogP contribution is -2.24. The Morgan fingerprint density at radius 1 is 1.09 bits per heavy atom. The lowest BCUT2D eigenvalue weighted by Gasteiger charge is -2.08. The second kappa shape index (κ2) is 5.77. The van der Waals surface area contributed by atoms with Gasteiger partial charge in [-0.1, -0.05) is 24.3 Å². The van der Waals surface area contributed by atoms with Crippen LogP contribution in [0.3, 0.4) is 0 Å². The summed E-state index contributed by atoms with van der Waals surface area (Å²) in [6.45, 7) is 0. The van der Waals surface area contributed by atoms with Gasteiger partial charge in [-0.05, 0) is 30.3 Å². The molecule has 2 aromatic carbocycles. The van der Waals surface area contributed by atoms with E-state index in [9.17, 15) is 13.2 Å². The number of fused-ring (bicyclic) bond motifs is 1. The van der Waals surface area contributed by atoms with Crippen LogP contribution < -0.4 is 10.2 Å². The first-order valence-corrected chi connectivity index (χ1v) is 8.68. The first kappa shape index (κ1) is 15.1. The summed E-state index contributed by atoms with van der Waals surface area (Å²) in [5.74, 6) is 0. The number of carbonyl (C=O) groups is 1. The van der Waals surface area contributed by atoms with Crippen molar-refractivity contribution in [2.24, 2.45) is 0 Å². The highest BCUT2D eigenvalue weighted by atomic mass is 32.2. The largest absolute Gasteiger partial charge is 0.436 e. The van der Waals surface area contributed by atoms with Crippen molar-refractivity contribution >= 4 is 32.5 Å². The van der Waals surface area contributed by atoms with Crippen molar-refractivity contribution < 1.29 is 18.0 Å². The van der Waals surface area contributed by atoms with Crippen molar-refractivity contribution in [3.8, 4) is 0 Å². The number of nitrogens with one attached hydrogen (secondary N) is 1. The first-order valence-electron chi connectivity index (χ1n) is 6.79. The number of hydrogen-bond donors (Lipinski definition) is 1. The third kappa shape index (κ3) is 3.35. The van der Waals surface area contributed by atoms with E-state index in [1.165, 1.54) is 16.9 Å². The van der Waals surface area contributed by atoms with Crippen LogP contribution in [0.15, 0.2) is 65.7 Å². The molecule has 118 valence electrons. The van der Waals surface area contributed by atoms with E-state index in [1.54, 1.807) is 42.6 Å². The van der Waals surface area contributed by atoms with Gasteiger partial charge < -0.3 is 4.84 Å². The average molecular weight is 330 g/mol. The fraction of sp³-hybridized carbons (Fsp3) is 0.0625. The van der Waals surface area contributed by atoms with Crippen LogP contribution in [0, 0.1) is 0 Å². The van der Waals surface area contributed by atoms with Crippen LogP contribution >= 0.6 is 0 Å². The Morgan fingerprint density at radius 2 is 1.83 bits per heavy atom. The molecule has 0 saturated heterocycles. The number of rotatable bonds is 3. The zero-order valence-electron chi connectivity index (χ0n) is 12.3. The SMILES string of the molecule is CS(=O)(=O)c1ccc2ccn(OC(=O)Nc3ccccc3)c2c1. The lowest BCUT2D eigenvalue weighted by molar-refractivity contribution is 0.153. The molecule has 1 amide bonds. The molecule has 0 fully saturated rings. The van der Waals surface area contributed by atoms with E-state index in [-0.39, 0.29) is 4.90 Å². The minimum absolute atomic E-state index is 0.164. The molecule has 3 aromatic rings. The van der Waals surface area contributed by atoms with E-state index >= 15 is 0 Å². The second-order valence-corrected chi connectivity index (χ2v) is 7.02. The van der Waals surface area contributed by atoms with Crippen molar-refractivity contribution in [3.05, 3.63) is 60.8 Å². The standard InChI is InChI=1S/C16H14N2O4S/c1-23(20,21)14-8-7-12-9-10-18(15(12)11-14)22-16(19)17-13-5-3-2-4-6-13/h2-11H,1H3,(H,17,19). The van der Waals surface area contributed by atoms with E-state index in [2.05, 4.69) is 5.32 Å². The lowest BCUT2D eigenvalue weighted by atomic mass is 10.2. The summed E-state index contributed by atoms with van der Waals surface area (Å²) >= 11 is 0. The van der Waals surface area contributed by atoms with Gasteiger partial charge in [0.1, 0.15) is 0 Å². The summed E-state index contributed by atoms with van der Waals surface area (Å²) in [4.78, 5) is 17.3. The number of anilines is 1. The molecule has 0 atom stereocenters. The van der Waals surface area contributed by atoms with E-state index in [0.29, 0.717) is 11.2 Å². The summed E-state index contributed by atoms with van der Waals surface area (Å²) in [7, 11) is -3.34. The molecule has 0 saturated carbocycles. The number of hydrogen-bond acceptors (Lipinski definition) is 4. The van der Waals surface area contributed by atoms with Gasteiger partial charge in [-0.25, -0.2) is 13.2 Å². The molecular formula is C16H14N2O4S. The summed E-state index contributed by atoms with van der Waals surface area (Å²) < 4.78 is 24.5. The van der Waals surface area contributed by atoms with Gasteiger partial charge in [-0.3, -0.25) is 5.32 Å². The number of nitrogens with zero attached hydrogens (tertiary/aromatic N) is 1. The van der Waals surface area contributed by atoms with Crippen molar-refractivity contribution in [3.63, 3.8) is 0 Å². The Hall–Kier alpha value is -2.80. The molecule has 0 aliphatic heterocycles. The zero-order valence-corrected chi connectivity index (χ0v) is 13.1. The molecule has 0 unspecified atom stereocenters. The number of aromatic nitrogens is 1. The summed E-state index contributed by atoms with van der Waals surface area (Å²) in [5, 5.41) is 3.36. The maximum atomic E-state index is 11.9. The van der Waals surface area contributed by atoms with Crippen molar-refractivity contribution in [2.75, 3.05) is 11.6 Å². The van der Waals surface area contributed by atoms with E-state index in [0.717, 1.165) is 11.6 Å². The van der Waals surface area contributed by atoms with E-state index in [4.69, 9.17) is 4.84 Å². The molecule has 7 heteroatoms. The Balaban J connectivity index is 1.87. The molecule has 0 radical (unpaired) electrons. The van der Waals surface area contributed by atoms with Crippen LogP contribution in [-0.2, 0) is 9.84 Å². The Labute approximate surface area is 133 Å². The molecule has 0 bridgehead atoms. The van der Waals surface area contributed by atoms with Gasteiger partial charge in [0.05, 0.1) is 10.4 Å². The number of benzene rings is 2. The summed E-state index contributed by atoms with van der Waals surface area (Å²) in [6.07, 6.45) is 2.02. The smallest absolute Gasteiger partial charge is 0.317 e. The Morgan fingerprint density at radius 3 is 2.52 bits per heavy atom. The summed E-state index contributed by atoms with van der Waals surface area (Å²) in [5.41, 5.74) is 1.10. The highest BCUT2D eigenvalue weighted by molar-refractivity contribution is 7.90. The third-order valence-electron chi connectivity index (χ3n) is 3.26. The molecule has 1 N–H and O–H groups in total. The van der Waals surface area contributed by atoms with E-state index < -0.39 is 15.9 Å². The van der Waals surface area contributed by atoms with Crippen LogP contribution in [0.1, 0.15) is 0 Å². The molecule has 6 nitrogen and oxygen atoms in total. The minimum atomic E-state index is -3.34. The van der Waals surface area contributed by atoms with Crippen LogP contribution in [0.4, 0.5) is 10.5 Å². The first-order chi connectivity index (χ1) is 10.9. The highest BCUT2D eigenvalue weighted by Gasteiger charge is 2.12. The molecule has 0 spiro atoms. The van der Waals surface area contributed by atoms with Crippen molar-refractivity contribution in [2.45, 2.75) is 4.90 Å². The molecule has 1 aromatic heterocycles. The second-order valence-electron chi connectivity index (χ2n) is 5.00. The fourth-order valence-electron chi connectivity index (χ4n) is 2.15. The molecule has 1 heterocycles. The van der Waals surface area contributed by atoms with Crippen molar-refractivity contribution in [1.82, 2.24) is 4.73 Å². The number of carbonyl (C=O) groups excluding carboxylic acids is 1. The van der Waals surface area contributed by atoms with Crippen LogP contribution in [0.25, 0.3) is 10.9 Å². The van der Waals surface area contributed by atoms with Gasteiger partial charge in [0.25, 0.3) is 0 Å². The normalized spacial score (nSPS) is 11.3. The molecular weight excluding hydrogens is 316 g/mol. The Kier molecular flexibility index (Phi) is 3.79. The van der Waals surface area contributed by atoms with Crippen LogP contribution in [-0.4, -0.2) is 25.5 Å². The van der Waals surface area contributed by atoms with Crippen LogP contribution in [0.2, 0.25) is 0 Å². The number of para-hydroxylation sites is 1. The maximum absolute atomic E-state index is 11.9. The van der Waals surface area contributed by atoms with Gasteiger partial charge in [-0.2, -0.15) is 4.73 Å².